The Morgan fingerprint density at radius 1 is 0.872 bits per heavy atom. The van der Waals surface area contributed by atoms with E-state index in [-0.39, 0.29) is 17.8 Å². The van der Waals surface area contributed by atoms with Crippen LogP contribution in [0, 0.1) is 20.8 Å². The molecule has 0 saturated heterocycles. The van der Waals surface area contributed by atoms with Crippen LogP contribution < -0.4 is 0 Å². The zero-order chi connectivity index (χ0) is 28.0. The van der Waals surface area contributed by atoms with Crippen LogP contribution >= 0.6 is 0 Å². The van der Waals surface area contributed by atoms with Gasteiger partial charge in [0.2, 0.25) is 0 Å². The summed E-state index contributed by atoms with van der Waals surface area (Å²) in [5, 5.41) is 0. The van der Waals surface area contributed by atoms with Gasteiger partial charge in [-0.1, -0.05) is 20.8 Å². The Morgan fingerprint density at radius 2 is 1.49 bits per heavy atom. The molecule has 2 N–H and O–H groups in total. The van der Waals surface area contributed by atoms with Crippen molar-refractivity contribution in [3.05, 3.63) is 68.8 Å². The van der Waals surface area contributed by atoms with Gasteiger partial charge in [0.15, 0.2) is 0 Å². The second kappa shape index (κ2) is 10.5. The number of carbonyl (C=O) groups is 1. The molecular weight excluding hydrogens is 484 g/mol. The maximum absolute atomic E-state index is 12.1. The number of fused-ring (bicyclic) bond motifs is 8. The molecule has 0 aliphatic carbocycles. The van der Waals surface area contributed by atoms with E-state index < -0.39 is 0 Å². The van der Waals surface area contributed by atoms with Crippen LogP contribution in [-0.4, -0.2) is 33.0 Å². The SMILES string of the molecule is CCc1c(C)c2cc3[nH]c(cc4nc(c(C)c5nc(cc1[nH]2)C(C)=C5)[C@@H](CCC(=O)OC)[C@@H]4C)c(C)c3CC. The predicted octanol–water partition coefficient (Wildman–Crippen LogP) is 7.77. The number of hydrogen-bond donors (Lipinski definition) is 2. The van der Waals surface area contributed by atoms with Crippen LogP contribution in [0.3, 0.4) is 0 Å². The van der Waals surface area contributed by atoms with E-state index in [1.54, 1.807) is 0 Å². The van der Waals surface area contributed by atoms with Gasteiger partial charge in [0.05, 0.1) is 18.5 Å². The molecule has 0 aromatic carbocycles. The van der Waals surface area contributed by atoms with E-state index in [9.17, 15) is 4.79 Å². The molecule has 204 valence electrons. The van der Waals surface area contributed by atoms with Crippen LogP contribution in [0.2, 0.25) is 0 Å². The summed E-state index contributed by atoms with van der Waals surface area (Å²) in [5.41, 5.74) is 15.8. The van der Waals surface area contributed by atoms with E-state index in [4.69, 9.17) is 14.7 Å². The van der Waals surface area contributed by atoms with Crippen molar-refractivity contribution in [1.82, 2.24) is 19.9 Å². The molecule has 2 aliphatic heterocycles. The average Bonchev–Trinajstić information content (AvgIpc) is 3.61. The molecule has 5 rings (SSSR count). The van der Waals surface area contributed by atoms with Crippen molar-refractivity contribution in [1.29, 1.82) is 0 Å². The van der Waals surface area contributed by atoms with Gasteiger partial charge in [-0.3, -0.25) is 9.78 Å². The van der Waals surface area contributed by atoms with Gasteiger partial charge in [0.1, 0.15) is 0 Å². The Labute approximate surface area is 231 Å². The number of nitrogens with zero attached hydrogens (tertiary/aromatic N) is 2. The second-order valence-corrected chi connectivity index (χ2v) is 11.0. The molecule has 3 aromatic rings. The number of aromatic amines is 2. The predicted molar refractivity (Wildman–Crippen MR) is 160 cm³/mol. The van der Waals surface area contributed by atoms with Crippen LogP contribution in [0.25, 0.3) is 33.7 Å². The summed E-state index contributed by atoms with van der Waals surface area (Å²) < 4.78 is 4.97. The standard InChI is InChI=1S/C33H40N4O2/c1-9-22-19(5)28-16-31-23(10-2)18(4)27(35-31)15-29-20(6)24(11-12-32(38)39-8)33(37-29)21(7)26-13-17(3)25(34-26)14-30(22)36-28/h13-16,20,24,35-36H,9-12H2,1-8H3/t20-,24-/m0/s1. The van der Waals surface area contributed by atoms with Crippen molar-refractivity contribution in [2.45, 2.75) is 86.0 Å². The number of hydrogen-bond acceptors (Lipinski definition) is 4. The highest BCUT2D eigenvalue weighted by atomic mass is 16.5. The first kappa shape index (κ1) is 26.9. The highest BCUT2D eigenvalue weighted by molar-refractivity contribution is 5.85. The first-order chi connectivity index (χ1) is 18.7. The van der Waals surface area contributed by atoms with Gasteiger partial charge < -0.3 is 14.7 Å². The summed E-state index contributed by atoms with van der Waals surface area (Å²) >= 11 is 0. The fraction of sp³-hybridized carbons (Fsp3) is 0.424. The van der Waals surface area contributed by atoms with Crippen LogP contribution in [0.1, 0.15) is 103 Å². The molecule has 0 saturated carbocycles. The van der Waals surface area contributed by atoms with Gasteiger partial charge in [-0.05, 0) is 105 Å². The van der Waals surface area contributed by atoms with Crippen molar-refractivity contribution >= 4 is 39.7 Å². The molecule has 0 fully saturated rings. The van der Waals surface area contributed by atoms with Crippen LogP contribution in [0.5, 0.6) is 0 Å². The summed E-state index contributed by atoms with van der Waals surface area (Å²) in [7, 11) is 1.45. The van der Waals surface area contributed by atoms with E-state index in [0.29, 0.717) is 12.8 Å². The van der Waals surface area contributed by atoms with Crippen molar-refractivity contribution in [3.8, 4) is 0 Å². The van der Waals surface area contributed by atoms with Gasteiger partial charge >= 0.3 is 5.97 Å². The number of allylic oxidation sites excluding steroid dienone is 1. The van der Waals surface area contributed by atoms with Crippen LogP contribution in [-0.2, 0) is 22.4 Å². The van der Waals surface area contributed by atoms with Crippen LogP contribution in [0.15, 0.2) is 18.2 Å². The molecule has 6 nitrogen and oxygen atoms in total. The number of esters is 1. The molecule has 8 bridgehead atoms. The molecule has 3 aromatic heterocycles. The van der Waals surface area contributed by atoms with Crippen molar-refractivity contribution in [2.75, 3.05) is 7.11 Å². The molecule has 0 unspecified atom stereocenters. The van der Waals surface area contributed by atoms with Crippen molar-refractivity contribution < 1.29 is 9.53 Å². The van der Waals surface area contributed by atoms with E-state index in [1.807, 2.05) is 0 Å². The third-order valence-electron chi connectivity index (χ3n) is 8.80. The van der Waals surface area contributed by atoms with Crippen molar-refractivity contribution in [3.63, 3.8) is 0 Å². The maximum atomic E-state index is 12.1. The Balaban J connectivity index is 1.89. The van der Waals surface area contributed by atoms with Gasteiger partial charge in [-0.2, -0.15) is 0 Å². The number of methoxy groups -OCH3 is 1. The highest BCUT2D eigenvalue weighted by Gasteiger charge is 2.31. The molecular formula is C33H40N4O2. The monoisotopic (exact) mass is 524 g/mol. The lowest BCUT2D eigenvalue weighted by molar-refractivity contribution is -0.140. The zero-order valence-electron chi connectivity index (χ0n) is 24.5. The Bertz CT molecular complexity index is 1650. The zero-order valence-corrected chi connectivity index (χ0v) is 24.5. The van der Waals surface area contributed by atoms with Crippen LogP contribution in [0.4, 0.5) is 0 Å². The Kier molecular flexibility index (Phi) is 7.23. The number of aryl methyl sites for hydroxylation is 4. The van der Waals surface area contributed by atoms with Gasteiger partial charge in [0, 0.05) is 51.7 Å². The summed E-state index contributed by atoms with van der Waals surface area (Å²) in [6, 6.07) is 6.65. The number of H-pyrrole nitrogens is 2. The summed E-state index contributed by atoms with van der Waals surface area (Å²) in [6.45, 7) is 15.3. The molecule has 0 radical (unpaired) electrons. The maximum Gasteiger partial charge on any atom is 0.305 e. The normalized spacial score (nSPS) is 16.9. The van der Waals surface area contributed by atoms with E-state index in [0.717, 1.165) is 68.8 Å². The molecule has 2 atom stereocenters. The lowest BCUT2D eigenvalue weighted by Crippen LogP contribution is -2.08. The Hall–Kier alpha value is -3.67. The van der Waals surface area contributed by atoms with Gasteiger partial charge in [-0.25, -0.2) is 4.98 Å². The Morgan fingerprint density at radius 3 is 2.10 bits per heavy atom. The molecule has 0 spiro atoms. The smallest absolute Gasteiger partial charge is 0.305 e. The number of rotatable bonds is 5. The molecule has 39 heavy (non-hydrogen) atoms. The van der Waals surface area contributed by atoms with E-state index in [1.165, 1.54) is 29.4 Å². The lowest BCUT2D eigenvalue weighted by Gasteiger charge is -2.16. The first-order valence-electron chi connectivity index (χ1n) is 14.1. The third kappa shape index (κ3) is 4.70. The highest BCUT2D eigenvalue weighted by Crippen LogP contribution is 2.42. The average molecular weight is 525 g/mol. The fourth-order valence-electron chi connectivity index (χ4n) is 6.29. The number of aromatic nitrogens is 4. The summed E-state index contributed by atoms with van der Waals surface area (Å²) in [6.07, 6.45) is 5.10. The minimum atomic E-state index is -0.186. The second-order valence-electron chi connectivity index (χ2n) is 11.0. The summed E-state index contributed by atoms with van der Waals surface area (Å²) in [4.78, 5) is 29.8. The van der Waals surface area contributed by atoms with E-state index in [2.05, 4.69) is 82.7 Å². The first-order valence-corrected chi connectivity index (χ1v) is 14.1. The summed E-state index contributed by atoms with van der Waals surface area (Å²) in [5.74, 6) is 0.0918. The minimum Gasteiger partial charge on any atom is -0.469 e. The van der Waals surface area contributed by atoms with Gasteiger partial charge in [0.25, 0.3) is 0 Å². The fourth-order valence-corrected chi connectivity index (χ4v) is 6.29. The topological polar surface area (TPSA) is 83.7 Å². The minimum absolute atomic E-state index is 0.113. The quantitative estimate of drug-likeness (QED) is 0.334. The molecule has 6 heteroatoms. The number of nitrogens with one attached hydrogen (secondary N) is 2. The molecule has 2 aliphatic rings. The van der Waals surface area contributed by atoms with E-state index >= 15 is 0 Å². The number of carbonyl (C=O) groups excluding carboxylic acids is 1. The number of ether oxygens (including phenoxy) is 1. The lowest BCUT2D eigenvalue weighted by atomic mass is 9.86. The largest absolute Gasteiger partial charge is 0.469 e. The molecule has 5 heterocycles. The van der Waals surface area contributed by atoms with Gasteiger partial charge in [-0.15, -0.1) is 0 Å². The molecule has 0 amide bonds. The third-order valence-corrected chi connectivity index (χ3v) is 8.80. The van der Waals surface area contributed by atoms with Crippen molar-refractivity contribution in [2.24, 2.45) is 0 Å².